The van der Waals surface area contributed by atoms with Crippen molar-refractivity contribution >= 4 is 23.2 Å². The lowest BCUT2D eigenvalue weighted by Crippen LogP contribution is -2.43. The Hall–Kier alpha value is -4.62. The molecule has 89 heavy (non-hydrogen) atoms. The summed E-state index contributed by atoms with van der Waals surface area (Å²) in [6, 6.07) is 35.0. The number of aliphatic hydroxyl groups is 1. The van der Waals surface area contributed by atoms with Gasteiger partial charge in [0.15, 0.2) is 0 Å². The highest BCUT2D eigenvalue weighted by Gasteiger charge is 2.27. The van der Waals surface area contributed by atoms with Crippen LogP contribution in [0, 0.1) is 30.6 Å². The van der Waals surface area contributed by atoms with E-state index in [9.17, 15) is 0 Å². The van der Waals surface area contributed by atoms with E-state index < -0.39 is 0 Å². The Kier molecular flexibility index (Phi) is 35.9. The number of aryl methyl sites for hydroxylation is 1. The summed E-state index contributed by atoms with van der Waals surface area (Å²) in [5.41, 5.74) is 6.65. The van der Waals surface area contributed by atoms with Gasteiger partial charge in [-0.25, -0.2) is 0 Å². The SMILES string of the molecule is CC(C)=CC(COc1ccc(Cl)cc1)N1CCC(C)CC1.CC(C)=CC(COc1ccc(Cl)cc1)N1CCC(CCO)CC1.CC(C)=CC(COc1ccccc1)N1CCC(C)CC1.COCCCC1CCN(C(C=C(C)C)COc2ccc(C)cc2)CC1. The van der Waals surface area contributed by atoms with Crippen LogP contribution >= 0.6 is 23.2 Å². The van der Waals surface area contributed by atoms with Crippen LogP contribution in [0.25, 0.3) is 0 Å². The molecule has 0 amide bonds. The second-order valence-corrected chi connectivity index (χ2v) is 27.4. The van der Waals surface area contributed by atoms with Gasteiger partial charge >= 0.3 is 0 Å². The molecule has 1 N–H and O–H groups in total. The van der Waals surface area contributed by atoms with Gasteiger partial charge in [0, 0.05) is 30.4 Å². The molecular formula is C77H116Cl2N4O6. The third-order valence-electron chi connectivity index (χ3n) is 17.5. The van der Waals surface area contributed by atoms with Crippen LogP contribution in [0.2, 0.25) is 10.0 Å². The number of para-hydroxylation sites is 1. The van der Waals surface area contributed by atoms with E-state index in [1.165, 1.54) is 118 Å². The summed E-state index contributed by atoms with van der Waals surface area (Å²) < 4.78 is 29.2. The first-order valence-corrected chi connectivity index (χ1v) is 34.4. The van der Waals surface area contributed by atoms with Crippen LogP contribution in [0.5, 0.6) is 23.0 Å². The second-order valence-electron chi connectivity index (χ2n) is 26.6. The zero-order chi connectivity index (χ0) is 64.3. The average Bonchev–Trinajstić information content (AvgIpc) is 3.73. The molecule has 494 valence electrons. The fourth-order valence-electron chi connectivity index (χ4n) is 12.1. The van der Waals surface area contributed by atoms with Crippen LogP contribution in [-0.2, 0) is 4.74 Å². The first kappa shape index (κ1) is 75.1. The first-order chi connectivity index (χ1) is 42.8. The molecule has 4 aromatic rings. The summed E-state index contributed by atoms with van der Waals surface area (Å²) in [7, 11) is 1.79. The van der Waals surface area contributed by atoms with Crippen molar-refractivity contribution in [2.45, 2.75) is 171 Å². The normalized spacial score (nSPS) is 17.9. The molecule has 0 spiro atoms. The first-order valence-electron chi connectivity index (χ1n) is 33.7. The molecule has 4 aliphatic rings. The van der Waals surface area contributed by atoms with E-state index in [1.54, 1.807) is 7.11 Å². The standard InChI is InChI=1S/C22H35NO2.C19H28ClNO2.C18H26ClNO.C18H27NO/c1-18(2)16-21(17-25-22-9-7-19(3)8-10-22)23-13-11-20(12-14-23)6-5-15-24-4;1-15(2)13-18(14-23-19-5-3-17(20)4-6-19)21-10-7-16(8-11-21)9-12-22;1-14(2)12-17(20-10-8-15(3)9-11-20)13-21-18-6-4-16(19)5-7-18;1-15(2)13-17(19-11-9-16(3)10-12-19)14-20-18-7-5-4-6-8-18/h7-10,16,20-21H,5-6,11-15,17H2,1-4H3;3-6,13,16,18,22H,7-12,14H2,1-2H3;4-7,12,15,17H,8-11,13H2,1-3H3;4-8,13,16-17H,9-12,14H2,1-3H3. The van der Waals surface area contributed by atoms with Crippen molar-refractivity contribution in [2.75, 3.05) is 99.1 Å². The van der Waals surface area contributed by atoms with Crippen LogP contribution in [0.15, 0.2) is 150 Å². The fraction of sp³-hybridized carbons (Fsp3) is 0.584. The van der Waals surface area contributed by atoms with E-state index in [2.05, 4.69) is 144 Å². The number of likely N-dealkylation sites (tertiary alicyclic amines) is 4. The van der Waals surface area contributed by atoms with Gasteiger partial charge in [-0.3, -0.25) is 19.6 Å². The number of nitrogens with zero attached hydrogens (tertiary/aromatic N) is 4. The zero-order valence-corrected chi connectivity index (χ0v) is 58.5. The summed E-state index contributed by atoms with van der Waals surface area (Å²) >= 11 is 11.8. The number of hydrogen-bond donors (Lipinski definition) is 1. The molecule has 4 aromatic carbocycles. The molecule has 0 aliphatic carbocycles. The maximum Gasteiger partial charge on any atom is 0.119 e. The molecular weight excluding hydrogens is 1150 g/mol. The van der Waals surface area contributed by atoms with E-state index in [0.29, 0.717) is 49.9 Å². The van der Waals surface area contributed by atoms with Crippen molar-refractivity contribution < 1.29 is 28.8 Å². The van der Waals surface area contributed by atoms with Gasteiger partial charge in [0.25, 0.3) is 0 Å². The van der Waals surface area contributed by atoms with Crippen LogP contribution in [0.1, 0.15) is 145 Å². The lowest BCUT2D eigenvalue weighted by molar-refractivity contribution is 0.108. The summed E-state index contributed by atoms with van der Waals surface area (Å²) in [6.45, 7) is 37.3. The molecule has 4 atom stereocenters. The molecule has 10 nitrogen and oxygen atoms in total. The van der Waals surface area contributed by atoms with Crippen molar-refractivity contribution in [3.05, 3.63) is 165 Å². The average molecular weight is 1260 g/mol. The molecule has 4 saturated heterocycles. The third-order valence-corrected chi connectivity index (χ3v) is 18.0. The molecule has 4 aliphatic heterocycles. The van der Waals surface area contributed by atoms with E-state index in [4.69, 9.17) is 52.0 Å². The summed E-state index contributed by atoms with van der Waals surface area (Å²) in [5, 5.41) is 10.6. The Balaban J connectivity index is 0.000000217. The van der Waals surface area contributed by atoms with Crippen LogP contribution in [0.4, 0.5) is 0 Å². The molecule has 0 radical (unpaired) electrons. The highest BCUT2D eigenvalue weighted by atomic mass is 35.5. The van der Waals surface area contributed by atoms with Crippen LogP contribution < -0.4 is 18.9 Å². The van der Waals surface area contributed by atoms with Gasteiger partial charge in [-0.2, -0.15) is 0 Å². The minimum atomic E-state index is 0.297. The van der Waals surface area contributed by atoms with Gasteiger partial charge < -0.3 is 28.8 Å². The third kappa shape index (κ3) is 31.0. The van der Waals surface area contributed by atoms with Crippen molar-refractivity contribution in [1.82, 2.24) is 19.6 Å². The van der Waals surface area contributed by atoms with Gasteiger partial charge in [-0.1, -0.05) is 120 Å². The van der Waals surface area contributed by atoms with Crippen LogP contribution in [0.3, 0.4) is 0 Å². The predicted molar refractivity (Wildman–Crippen MR) is 377 cm³/mol. The zero-order valence-electron chi connectivity index (χ0n) is 57.0. The number of ether oxygens (including phenoxy) is 5. The second kappa shape index (κ2) is 42.5. The number of methoxy groups -OCH3 is 1. The number of hydrogen-bond acceptors (Lipinski definition) is 10. The van der Waals surface area contributed by atoms with Gasteiger partial charge in [0.1, 0.15) is 49.4 Å². The van der Waals surface area contributed by atoms with Gasteiger partial charge in [0.05, 0.1) is 24.2 Å². The Morgan fingerprint density at radius 1 is 0.438 bits per heavy atom. The minimum Gasteiger partial charge on any atom is -0.492 e. The van der Waals surface area contributed by atoms with E-state index in [0.717, 1.165) is 103 Å². The molecule has 4 fully saturated rings. The smallest absolute Gasteiger partial charge is 0.119 e. The number of aliphatic hydroxyl groups excluding tert-OH is 1. The van der Waals surface area contributed by atoms with Gasteiger partial charge in [-0.15, -0.1) is 0 Å². The molecule has 0 saturated carbocycles. The highest BCUT2D eigenvalue weighted by molar-refractivity contribution is 6.30. The molecule has 4 unspecified atom stereocenters. The monoisotopic (exact) mass is 1260 g/mol. The fourth-order valence-corrected chi connectivity index (χ4v) is 12.3. The molecule has 8 rings (SSSR count). The Morgan fingerprint density at radius 2 is 0.730 bits per heavy atom. The molecule has 0 aromatic heterocycles. The van der Waals surface area contributed by atoms with Crippen molar-refractivity contribution in [3.8, 4) is 23.0 Å². The van der Waals surface area contributed by atoms with Crippen molar-refractivity contribution in [1.29, 1.82) is 0 Å². The van der Waals surface area contributed by atoms with E-state index >= 15 is 0 Å². The van der Waals surface area contributed by atoms with Gasteiger partial charge in [0.2, 0.25) is 0 Å². The lowest BCUT2D eigenvalue weighted by Gasteiger charge is -2.36. The molecule has 12 heteroatoms. The summed E-state index contributed by atoms with van der Waals surface area (Å²) in [5.74, 6) is 6.92. The quantitative estimate of drug-likeness (QED) is 0.0485. The Morgan fingerprint density at radius 3 is 1.03 bits per heavy atom. The number of benzene rings is 4. The summed E-state index contributed by atoms with van der Waals surface area (Å²) in [6.07, 6.45) is 22.8. The summed E-state index contributed by atoms with van der Waals surface area (Å²) in [4.78, 5) is 10.2. The number of piperidine rings is 4. The minimum absolute atomic E-state index is 0.297. The molecule has 4 heterocycles. The Bertz CT molecular complexity index is 2600. The van der Waals surface area contributed by atoms with Crippen LogP contribution in [-0.4, -0.2) is 148 Å². The number of halogens is 2. The van der Waals surface area contributed by atoms with E-state index in [1.807, 2.05) is 78.9 Å². The number of rotatable bonds is 26. The molecule has 0 bridgehead atoms. The topological polar surface area (TPSA) is 79.3 Å². The largest absolute Gasteiger partial charge is 0.492 e. The predicted octanol–water partition coefficient (Wildman–Crippen LogP) is 17.9. The maximum atomic E-state index is 9.09. The van der Waals surface area contributed by atoms with Crippen molar-refractivity contribution in [2.24, 2.45) is 23.7 Å². The Labute approximate surface area is 550 Å². The van der Waals surface area contributed by atoms with Crippen molar-refractivity contribution in [3.63, 3.8) is 0 Å². The number of allylic oxidation sites excluding steroid dienone is 4. The maximum absolute atomic E-state index is 9.09. The lowest BCUT2D eigenvalue weighted by atomic mass is 9.91. The van der Waals surface area contributed by atoms with E-state index in [-0.39, 0.29) is 0 Å². The highest BCUT2D eigenvalue weighted by Crippen LogP contribution is 2.28. The van der Waals surface area contributed by atoms with Gasteiger partial charge in [-0.05, 0) is 282 Å².